The van der Waals surface area contributed by atoms with Crippen LogP contribution in [0.1, 0.15) is 26.7 Å². The third-order valence-corrected chi connectivity index (χ3v) is 3.69. The van der Waals surface area contributed by atoms with Gasteiger partial charge in [0.2, 0.25) is 0 Å². The van der Waals surface area contributed by atoms with E-state index in [0.717, 1.165) is 12.0 Å². The molecule has 0 spiro atoms. The van der Waals surface area contributed by atoms with E-state index >= 15 is 0 Å². The molecule has 2 rings (SSSR count). The highest BCUT2D eigenvalue weighted by Crippen LogP contribution is 2.42. The maximum Gasteiger partial charge on any atom is 0.115 e. The van der Waals surface area contributed by atoms with Crippen molar-refractivity contribution in [1.29, 1.82) is 0 Å². The van der Waals surface area contributed by atoms with Crippen molar-refractivity contribution in [2.75, 3.05) is 26.4 Å². The van der Waals surface area contributed by atoms with E-state index in [1.165, 1.54) is 0 Å². The lowest BCUT2D eigenvalue weighted by Crippen LogP contribution is -2.43. The summed E-state index contributed by atoms with van der Waals surface area (Å²) in [5.74, 6) is 0. The minimum absolute atomic E-state index is 0.152. The highest BCUT2D eigenvalue weighted by molar-refractivity contribution is 5.22. The maximum atomic E-state index is 13.5. The van der Waals surface area contributed by atoms with Gasteiger partial charge in [0.15, 0.2) is 0 Å². The van der Waals surface area contributed by atoms with E-state index in [0.29, 0.717) is 26.1 Å². The van der Waals surface area contributed by atoms with E-state index < -0.39 is 12.8 Å². The van der Waals surface area contributed by atoms with Crippen LogP contribution in [-0.2, 0) is 4.74 Å². The molecule has 2 aliphatic heterocycles. The van der Waals surface area contributed by atoms with Crippen LogP contribution in [0, 0.1) is 0 Å². The molecule has 0 saturated carbocycles. The van der Waals surface area contributed by atoms with E-state index in [2.05, 4.69) is 4.90 Å². The summed E-state index contributed by atoms with van der Waals surface area (Å²) in [5, 5.41) is 0. The van der Waals surface area contributed by atoms with Crippen LogP contribution in [0.4, 0.5) is 8.78 Å². The summed E-state index contributed by atoms with van der Waals surface area (Å²) in [5.41, 5.74) is 0.872. The largest absolute Gasteiger partial charge is 0.377 e. The number of hydrogen-bond acceptors (Lipinski definition) is 2. The van der Waals surface area contributed by atoms with Gasteiger partial charge in [-0.3, -0.25) is 4.90 Å². The summed E-state index contributed by atoms with van der Waals surface area (Å²) in [6, 6.07) is 0. The molecule has 2 unspecified atom stereocenters. The second-order valence-corrected chi connectivity index (χ2v) is 5.46. The van der Waals surface area contributed by atoms with Crippen LogP contribution in [0.2, 0.25) is 0 Å². The Morgan fingerprint density at radius 2 is 2.35 bits per heavy atom. The average Bonchev–Trinajstić information content (AvgIpc) is 2.68. The number of fused-ring (bicyclic) bond motifs is 1. The quantitative estimate of drug-likeness (QED) is 0.706. The summed E-state index contributed by atoms with van der Waals surface area (Å²) in [7, 11) is 0. The fourth-order valence-corrected chi connectivity index (χ4v) is 2.95. The van der Waals surface area contributed by atoms with Gasteiger partial charge in [0.25, 0.3) is 0 Å². The highest BCUT2D eigenvalue weighted by Gasteiger charge is 2.50. The first-order valence-electron chi connectivity index (χ1n) is 6.30. The number of halogens is 2. The number of rotatable bonds is 4. The van der Waals surface area contributed by atoms with Crippen molar-refractivity contribution in [3.63, 3.8) is 0 Å². The van der Waals surface area contributed by atoms with E-state index in [1.807, 2.05) is 13.8 Å². The lowest BCUT2D eigenvalue weighted by Gasteiger charge is -2.31. The molecular weight excluding hydrogens is 224 g/mol. The van der Waals surface area contributed by atoms with Crippen molar-refractivity contribution in [3.8, 4) is 0 Å². The van der Waals surface area contributed by atoms with Crippen LogP contribution in [0.25, 0.3) is 0 Å². The van der Waals surface area contributed by atoms with Gasteiger partial charge in [-0.2, -0.15) is 0 Å². The minimum Gasteiger partial charge on any atom is -0.377 e. The van der Waals surface area contributed by atoms with Gasteiger partial charge in [-0.05, 0) is 20.3 Å². The lowest BCUT2D eigenvalue weighted by molar-refractivity contribution is 0.00294. The fraction of sp³-hybridized carbons (Fsp3) is 0.846. The van der Waals surface area contributed by atoms with Crippen LogP contribution in [0.5, 0.6) is 0 Å². The van der Waals surface area contributed by atoms with Crippen molar-refractivity contribution in [2.45, 2.75) is 44.5 Å². The molecule has 0 amide bonds. The summed E-state index contributed by atoms with van der Waals surface area (Å²) < 4.78 is 31.5. The normalized spacial score (nSPS) is 36.1. The second-order valence-electron chi connectivity index (χ2n) is 5.46. The Morgan fingerprint density at radius 3 is 3.00 bits per heavy atom. The number of nitrogens with zero attached hydrogens (tertiary/aromatic N) is 1. The predicted octanol–water partition coefficient (Wildman–Crippen LogP) is 2.49. The van der Waals surface area contributed by atoms with Crippen LogP contribution in [0.15, 0.2) is 11.6 Å². The van der Waals surface area contributed by atoms with Crippen molar-refractivity contribution < 1.29 is 13.5 Å². The summed E-state index contributed by atoms with van der Waals surface area (Å²) in [4.78, 5) is 2.13. The molecule has 2 nitrogen and oxygen atoms in total. The van der Waals surface area contributed by atoms with Crippen LogP contribution in [-0.4, -0.2) is 49.1 Å². The van der Waals surface area contributed by atoms with Crippen molar-refractivity contribution in [3.05, 3.63) is 11.6 Å². The van der Waals surface area contributed by atoms with Gasteiger partial charge in [0, 0.05) is 19.5 Å². The second kappa shape index (κ2) is 5.02. The SMILES string of the molecule is CC(C)OCC12C/C(=C/CF)CN1CC(F)C2. The van der Waals surface area contributed by atoms with Gasteiger partial charge in [0.05, 0.1) is 18.2 Å². The molecule has 0 aromatic rings. The number of alkyl halides is 2. The van der Waals surface area contributed by atoms with Gasteiger partial charge in [-0.25, -0.2) is 8.78 Å². The van der Waals surface area contributed by atoms with E-state index in [9.17, 15) is 8.78 Å². The smallest absolute Gasteiger partial charge is 0.115 e. The third kappa shape index (κ3) is 2.68. The lowest BCUT2D eigenvalue weighted by atomic mass is 9.93. The zero-order valence-corrected chi connectivity index (χ0v) is 10.6. The number of ether oxygens (including phenoxy) is 1. The standard InChI is InChI=1S/C13H21F2NO/c1-10(2)17-9-13-5-11(3-4-14)7-16(13)8-12(15)6-13/h3,10,12H,4-9H2,1-2H3/b11-3-. The Bertz CT molecular complexity index is 306. The Kier molecular flexibility index (Phi) is 3.83. The van der Waals surface area contributed by atoms with E-state index in [1.54, 1.807) is 6.08 Å². The van der Waals surface area contributed by atoms with Crippen molar-refractivity contribution in [2.24, 2.45) is 0 Å². The molecular formula is C13H21F2NO. The van der Waals surface area contributed by atoms with Gasteiger partial charge in [-0.1, -0.05) is 11.6 Å². The summed E-state index contributed by atoms with van der Waals surface area (Å²) in [6.45, 7) is 5.25. The zero-order chi connectivity index (χ0) is 12.5. The molecule has 98 valence electrons. The van der Waals surface area contributed by atoms with E-state index in [4.69, 9.17) is 4.74 Å². The molecule has 0 radical (unpaired) electrons. The molecule has 0 bridgehead atoms. The summed E-state index contributed by atoms with van der Waals surface area (Å²) in [6.07, 6.45) is 2.28. The van der Waals surface area contributed by atoms with Crippen LogP contribution >= 0.6 is 0 Å². The monoisotopic (exact) mass is 245 g/mol. The molecule has 0 aromatic carbocycles. The Hall–Kier alpha value is -0.480. The fourth-order valence-electron chi connectivity index (χ4n) is 2.95. The number of allylic oxidation sites excluding steroid dienone is 1. The van der Waals surface area contributed by atoms with Gasteiger partial charge >= 0.3 is 0 Å². The third-order valence-electron chi connectivity index (χ3n) is 3.69. The van der Waals surface area contributed by atoms with E-state index in [-0.39, 0.29) is 11.6 Å². The van der Waals surface area contributed by atoms with Crippen LogP contribution in [0.3, 0.4) is 0 Å². The zero-order valence-electron chi connectivity index (χ0n) is 10.6. The first-order valence-corrected chi connectivity index (χ1v) is 6.30. The molecule has 0 N–H and O–H groups in total. The van der Waals surface area contributed by atoms with Crippen LogP contribution < -0.4 is 0 Å². The predicted molar refractivity (Wildman–Crippen MR) is 63.6 cm³/mol. The molecule has 2 heterocycles. The van der Waals surface area contributed by atoms with Gasteiger partial charge in [-0.15, -0.1) is 0 Å². The summed E-state index contributed by atoms with van der Waals surface area (Å²) >= 11 is 0. The molecule has 2 atom stereocenters. The van der Waals surface area contributed by atoms with Crippen molar-refractivity contribution >= 4 is 0 Å². The molecule has 2 aliphatic rings. The first kappa shape index (κ1) is 13.0. The minimum atomic E-state index is -0.766. The Morgan fingerprint density at radius 1 is 1.59 bits per heavy atom. The Labute approximate surface area is 102 Å². The van der Waals surface area contributed by atoms with Gasteiger partial charge in [0.1, 0.15) is 12.8 Å². The molecule has 17 heavy (non-hydrogen) atoms. The van der Waals surface area contributed by atoms with Crippen molar-refractivity contribution in [1.82, 2.24) is 4.90 Å². The molecule has 2 fully saturated rings. The highest BCUT2D eigenvalue weighted by atomic mass is 19.1. The maximum absolute atomic E-state index is 13.5. The first-order chi connectivity index (χ1) is 8.05. The topological polar surface area (TPSA) is 12.5 Å². The van der Waals surface area contributed by atoms with Gasteiger partial charge < -0.3 is 4.74 Å². The average molecular weight is 245 g/mol. The molecule has 0 aromatic heterocycles. The number of hydrogen-bond donors (Lipinski definition) is 0. The molecule has 0 aliphatic carbocycles. The Balaban J connectivity index is 2.07. The molecule has 2 saturated heterocycles. The molecule has 4 heteroatoms.